The summed E-state index contributed by atoms with van der Waals surface area (Å²) in [5.74, 6) is -5.74. The molecule has 0 atom stereocenters. The number of allylic oxidation sites excluding steroid dienone is 1. The second-order valence-electron chi connectivity index (χ2n) is 4.91. The van der Waals surface area contributed by atoms with Crippen molar-refractivity contribution in [3.63, 3.8) is 0 Å². The van der Waals surface area contributed by atoms with Gasteiger partial charge in [0.25, 0.3) is 0 Å². The third kappa shape index (κ3) is 4.92. The molecule has 1 aromatic rings. The van der Waals surface area contributed by atoms with Crippen molar-refractivity contribution in [2.45, 2.75) is 24.5 Å². The van der Waals surface area contributed by atoms with Crippen LogP contribution in [0.1, 0.15) is 24.2 Å². The highest BCUT2D eigenvalue weighted by Crippen LogP contribution is 2.19. The summed E-state index contributed by atoms with van der Waals surface area (Å²) in [5.41, 5.74) is -0.634. The number of nitrogens with one attached hydrogen (secondary N) is 1. The van der Waals surface area contributed by atoms with Crippen LogP contribution in [0.5, 0.6) is 0 Å². The Kier molecular flexibility index (Phi) is 6.51. The lowest BCUT2D eigenvalue weighted by molar-refractivity contribution is -0.113. The van der Waals surface area contributed by atoms with Crippen molar-refractivity contribution < 1.29 is 36.6 Å². The molecule has 2 N–H and O–H groups in total. The second-order valence-corrected chi connectivity index (χ2v) is 6.83. The number of hydrogen-bond acceptors (Lipinski definition) is 7. The molecule has 0 aromatic heterocycles. The monoisotopic (exact) mass is 375 g/mol. The first-order valence-corrected chi connectivity index (χ1v) is 8.31. The van der Waals surface area contributed by atoms with E-state index in [2.05, 4.69) is 0 Å². The van der Waals surface area contributed by atoms with Crippen molar-refractivity contribution in [2.75, 3.05) is 6.61 Å². The Morgan fingerprint density at radius 3 is 2.12 bits per heavy atom. The number of hydrogen-bond donors (Lipinski definition) is 2. The van der Waals surface area contributed by atoms with Gasteiger partial charge in [-0.2, -0.15) is 8.78 Å². The highest BCUT2D eigenvalue weighted by Gasteiger charge is 2.26. The average Bonchev–Trinajstić information content (AvgIpc) is 2.51. The van der Waals surface area contributed by atoms with Crippen LogP contribution in [0, 0.1) is 5.41 Å². The van der Waals surface area contributed by atoms with Crippen LogP contribution in [0.2, 0.25) is 0 Å². The van der Waals surface area contributed by atoms with Gasteiger partial charge in [-0.1, -0.05) is 0 Å². The molecule has 0 spiro atoms. The highest BCUT2D eigenvalue weighted by atomic mass is 32.2. The molecule has 0 unspecified atom stereocenters. The number of carbonyl (C=O) groups is 2. The van der Waals surface area contributed by atoms with Crippen LogP contribution in [0.4, 0.5) is 8.78 Å². The molecule has 0 radical (unpaired) electrons. The number of carbonyl (C=O) groups excluding carboxylic acids is 2. The number of benzene rings is 1. The fourth-order valence-electron chi connectivity index (χ4n) is 1.86. The Labute approximate surface area is 142 Å². The molecule has 0 aliphatic carbocycles. The predicted molar refractivity (Wildman–Crippen MR) is 83.7 cm³/mol. The van der Waals surface area contributed by atoms with Crippen molar-refractivity contribution in [3.05, 3.63) is 41.2 Å². The lowest BCUT2D eigenvalue weighted by atomic mass is 10.1. The highest BCUT2D eigenvalue weighted by molar-refractivity contribution is 7.91. The molecule has 25 heavy (non-hydrogen) atoms. The molecular weight excluding hydrogens is 360 g/mol. The Hall–Kier alpha value is -2.62. The summed E-state index contributed by atoms with van der Waals surface area (Å²) in [5, 5.41) is 17.1. The van der Waals surface area contributed by atoms with Crippen LogP contribution >= 0.6 is 0 Å². The van der Waals surface area contributed by atoms with E-state index in [1.54, 1.807) is 0 Å². The normalized spacial score (nSPS) is 12.5. The summed E-state index contributed by atoms with van der Waals surface area (Å²) < 4.78 is 52.1. The van der Waals surface area contributed by atoms with Crippen LogP contribution in [0.25, 0.3) is 0 Å². The van der Waals surface area contributed by atoms with Gasteiger partial charge in [-0.3, -0.25) is 4.79 Å². The van der Waals surface area contributed by atoms with Gasteiger partial charge in [0.1, 0.15) is 12.4 Å². The third-order valence-electron chi connectivity index (χ3n) is 3.01. The number of ether oxygens (including phenoxy) is 1. The minimum atomic E-state index is -4.77. The van der Waals surface area contributed by atoms with Gasteiger partial charge in [-0.05, 0) is 38.1 Å². The van der Waals surface area contributed by atoms with Crippen molar-refractivity contribution in [3.8, 4) is 0 Å². The van der Waals surface area contributed by atoms with E-state index < -0.39 is 44.6 Å². The number of esters is 1. The Morgan fingerprint density at radius 1 is 1.20 bits per heavy atom. The van der Waals surface area contributed by atoms with E-state index in [0.29, 0.717) is 0 Å². The molecule has 10 heteroatoms. The minimum Gasteiger partial charge on any atom is -0.508 e. The molecule has 1 aromatic carbocycles. The van der Waals surface area contributed by atoms with Crippen molar-refractivity contribution in [1.82, 2.24) is 0 Å². The van der Waals surface area contributed by atoms with Crippen molar-refractivity contribution >= 4 is 27.3 Å². The quantitative estimate of drug-likeness (QED) is 0.326. The maximum Gasteiger partial charge on any atom is 0.341 e. The number of rotatable bonds is 7. The maximum atomic E-state index is 12.4. The Bertz CT molecular complexity index is 812. The third-order valence-corrected chi connectivity index (χ3v) is 4.41. The van der Waals surface area contributed by atoms with E-state index in [1.165, 1.54) is 6.92 Å². The first kappa shape index (κ1) is 20.4. The van der Waals surface area contributed by atoms with Crippen LogP contribution < -0.4 is 0 Å². The summed E-state index contributed by atoms with van der Waals surface area (Å²) in [6.45, 7) is 1.73. The average molecular weight is 375 g/mol. The van der Waals surface area contributed by atoms with Crippen LogP contribution in [-0.2, 0) is 19.4 Å². The number of Topliss-reactive ketones (excluding diaryl/α,β-unsaturated/α-hetero) is 1. The van der Waals surface area contributed by atoms with Gasteiger partial charge < -0.3 is 15.3 Å². The minimum absolute atomic E-state index is 0.142. The molecule has 0 amide bonds. The number of sulfone groups is 1. The van der Waals surface area contributed by atoms with E-state index in [4.69, 9.17) is 10.1 Å². The lowest BCUT2D eigenvalue weighted by Crippen LogP contribution is -2.15. The van der Waals surface area contributed by atoms with Crippen molar-refractivity contribution in [1.29, 1.82) is 5.41 Å². The van der Waals surface area contributed by atoms with Gasteiger partial charge in [0.05, 0.1) is 16.0 Å². The smallest absolute Gasteiger partial charge is 0.341 e. The standard InChI is InChI=1S/C15H15F2NO6S/c1-8(18)13(9(2)19)12(20)7-24-14(21)10-3-5-11(6-4-10)25(22,23)15(16)17/h3-6,15,18,20H,7H2,1-2H3/b13-12-,18-8?. The molecule has 136 valence electrons. The molecule has 0 heterocycles. The predicted octanol–water partition coefficient (Wildman–Crippen LogP) is 2.28. The molecule has 0 aliphatic rings. The molecule has 7 nitrogen and oxygen atoms in total. The van der Waals surface area contributed by atoms with Gasteiger partial charge in [0.15, 0.2) is 5.78 Å². The molecule has 1 rings (SSSR count). The second kappa shape index (κ2) is 7.97. The number of alkyl halides is 2. The first-order chi connectivity index (χ1) is 11.5. The van der Waals surface area contributed by atoms with Gasteiger partial charge in [-0.25, -0.2) is 13.2 Å². The molecule has 0 saturated carbocycles. The van der Waals surface area contributed by atoms with Crippen LogP contribution in [-0.4, -0.2) is 43.4 Å². The molecule has 0 aliphatic heterocycles. The van der Waals surface area contributed by atoms with Crippen LogP contribution in [0.3, 0.4) is 0 Å². The Morgan fingerprint density at radius 2 is 1.72 bits per heavy atom. The zero-order valence-corrected chi connectivity index (χ0v) is 14.1. The fraction of sp³-hybridized carbons (Fsp3) is 0.267. The largest absolute Gasteiger partial charge is 0.508 e. The van der Waals surface area contributed by atoms with E-state index in [0.717, 1.165) is 31.2 Å². The van der Waals surface area contributed by atoms with Crippen molar-refractivity contribution in [2.24, 2.45) is 0 Å². The van der Waals surface area contributed by atoms with E-state index in [1.807, 2.05) is 0 Å². The summed E-state index contributed by atoms with van der Waals surface area (Å²) in [6.07, 6.45) is 0. The summed E-state index contributed by atoms with van der Waals surface area (Å²) in [7, 11) is -4.77. The zero-order chi connectivity index (χ0) is 19.4. The topological polar surface area (TPSA) is 122 Å². The maximum absolute atomic E-state index is 12.4. The SMILES string of the molecule is CC(=N)/C(C(C)=O)=C(/O)COC(=O)c1ccc(S(=O)(=O)C(F)F)cc1. The number of ketones is 1. The number of aliphatic hydroxyl groups excluding tert-OH is 1. The Balaban J connectivity index is 2.91. The van der Waals surface area contributed by atoms with Crippen LogP contribution in [0.15, 0.2) is 40.5 Å². The van der Waals surface area contributed by atoms with Gasteiger partial charge in [-0.15, -0.1) is 0 Å². The summed E-state index contributed by atoms with van der Waals surface area (Å²) >= 11 is 0. The number of aliphatic hydroxyl groups is 1. The van der Waals surface area contributed by atoms with E-state index in [-0.39, 0.29) is 16.8 Å². The molecule has 0 saturated heterocycles. The summed E-state index contributed by atoms with van der Waals surface area (Å²) in [4.78, 5) is 22.5. The van der Waals surface area contributed by atoms with E-state index >= 15 is 0 Å². The van der Waals surface area contributed by atoms with Gasteiger partial charge in [0, 0.05) is 5.71 Å². The van der Waals surface area contributed by atoms with Gasteiger partial charge in [0.2, 0.25) is 9.84 Å². The fourth-order valence-corrected chi connectivity index (χ4v) is 2.58. The van der Waals surface area contributed by atoms with E-state index in [9.17, 15) is 31.9 Å². The first-order valence-electron chi connectivity index (χ1n) is 6.76. The zero-order valence-electron chi connectivity index (χ0n) is 13.2. The van der Waals surface area contributed by atoms with Gasteiger partial charge >= 0.3 is 11.7 Å². The molecule has 0 bridgehead atoms. The lowest BCUT2D eigenvalue weighted by Gasteiger charge is -2.09. The molecular formula is C15H15F2NO6S. The summed E-state index contributed by atoms with van der Waals surface area (Å²) in [6, 6.07) is 3.62. The number of halogens is 2. The molecule has 0 fully saturated rings.